The average molecular weight is 420 g/mol. The molecule has 0 bridgehead atoms. The Kier molecular flexibility index (Phi) is 8.70. The van der Waals surface area contributed by atoms with Gasteiger partial charge in [-0.1, -0.05) is 19.3 Å². The molecule has 0 aromatic rings. The third-order valence-corrected chi connectivity index (χ3v) is 7.91. The van der Waals surface area contributed by atoms with E-state index in [9.17, 15) is 0 Å². The zero-order valence-corrected chi connectivity index (χ0v) is 19.3. The van der Waals surface area contributed by atoms with Gasteiger partial charge in [-0.05, 0) is 63.3 Å². The van der Waals surface area contributed by atoms with Crippen molar-refractivity contribution in [2.24, 2.45) is 16.8 Å². The minimum atomic E-state index is 0.550. The SMILES string of the molecule is CN=C(NCC1CCCN1CC1CCCCC1)NC1CCN(CC2CCOC2)CC1. The van der Waals surface area contributed by atoms with Crippen LogP contribution in [0.1, 0.15) is 64.2 Å². The summed E-state index contributed by atoms with van der Waals surface area (Å²) in [5.74, 6) is 2.70. The van der Waals surface area contributed by atoms with Crippen LogP contribution in [0.15, 0.2) is 4.99 Å². The van der Waals surface area contributed by atoms with Gasteiger partial charge in [0.25, 0.3) is 0 Å². The number of hydrogen-bond donors (Lipinski definition) is 2. The summed E-state index contributed by atoms with van der Waals surface area (Å²) in [6, 6.07) is 1.23. The molecule has 2 atom stereocenters. The normalized spacial score (nSPS) is 30.8. The van der Waals surface area contributed by atoms with E-state index in [-0.39, 0.29) is 0 Å². The molecule has 6 nitrogen and oxygen atoms in total. The predicted octanol–water partition coefficient (Wildman–Crippen LogP) is 2.70. The number of nitrogens with one attached hydrogen (secondary N) is 2. The second-order valence-electron chi connectivity index (χ2n) is 10.2. The number of likely N-dealkylation sites (tertiary alicyclic amines) is 2. The van der Waals surface area contributed by atoms with E-state index in [4.69, 9.17) is 4.74 Å². The molecule has 30 heavy (non-hydrogen) atoms. The minimum absolute atomic E-state index is 0.550. The van der Waals surface area contributed by atoms with Crippen molar-refractivity contribution in [1.29, 1.82) is 0 Å². The highest BCUT2D eigenvalue weighted by atomic mass is 16.5. The Bertz CT molecular complexity index is 522. The molecule has 0 spiro atoms. The van der Waals surface area contributed by atoms with Gasteiger partial charge in [-0.25, -0.2) is 0 Å². The molecule has 3 heterocycles. The lowest BCUT2D eigenvalue weighted by molar-refractivity contribution is 0.150. The van der Waals surface area contributed by atoms with E-state index in [1.165, 1.54) is 96.9 Å². The third-order valence-electron chi connectivity index (χ3n) is 7.91. The summed E-state index contributed by atoms with van der Waals surface area (Å²) in [5.41, 5.74) is 0. The van der Waals surface area contributed by atoms with E-state index < -0.39 is 0 Å². The molecular formula is C24H45N5O. The monoisotopic (exact) mass is 419 g/mol. The van der Waals surface area contributed by atoms with Gasteiger partial charge in [-0.15, -0.1) is 0 Å². The molecule has 1 aliphatic carbocycles. The van der Waals surface area contributed by atoms with Crippen molar-refractivity contribution in [3.05, 3.63) is 0 Å². The summed E-state index contributed by atoms with van der Waals surface area (Å²) in [5, 5.41) is 7.37. The lowest BCUT2D eigenvalue weighted by Gasteiger charge is -2.34. The summed E-state index contributed by atoms with van der Waals surface area (Å²) >= 11 is 0. The van der Waals surface area contributed by atoms with Crippen LogP contribution in [0.2, 0.25) is 0 Å². The first-order chi connectivity index (χ1) is 14.8. The van der Waals surface area contributed by atoms with Gasteiger partial charge in [0.05, 0.1) is 6.61 Å². The topological polar surface area (TPSA) is 52.1 Å². The quantitative estimate of drug-likeness (QED) is 0.491. The molecule has 2 unspecified atom stereocenters. The number of aliphatic imine (C=N–C) groups is 1. The maximum absolute atomic E-state index is 5.54. The maximum Gasteiger partial charge on any atom is 0.191 e. The molecular weight excluding hydrogens is 374 g/mol. The van der Waals surface area contributed by atoms with Gasteiger partial charge in [0, 0.05) is 58.5 Å². The lowest BCUT2D eigenvalue weighted by atomic mass is 9.89. The van der Waals surface area contributed by atoms with Gasteiger partial charge in [0.2, 0.25) is 0 Å². The molecule has 4 rings (SSSR count). The van der Waals surface area contributed by atoms with E-state index >= 15 is 0 Å². The Morgan fingerprint density at radius 3 is 2.47 bits per heavy atom. The Hall–Kier alpha value is -0.850. The Balaban J connectivity index is 1.15. The number of piperidine rings is 1. The van der Waals surface area contributed by atoms with Crippen LogP contribution in [-0.2, 0) is 4.74 Å². The first kappa shape index (κ1) is 22.3. The number of guanidine groups is 1. The molecule has 172 valence electrons. The minimum Gasteiger partial charge on any atom is -0.381 e. The standard InChI is InChI=1S/C24H45N5O/c1-25-24(27-22-9-13-28(14-10-22)17-21-11-15-30-19-21)26-16-23-8-5-12-29(23)18-20-6-3-2-4-7-20/h20-23H,2-19H2,1H3,(H2,25,26,27). The zero-order valence-electron chi connectivity index (χ0n) is 19.3. The maximum atomic E-state index is 5.54. The fourth-order valence-electron chi connectivity index (χ4n) is 6.02. The van der Waals surface area contributed by atoms with Gasteiger partial charge in [-0.2, -0.15) is 0 Å². The smallest absolute Gasteiger partial charge is 0.191 e. The first-order valence-electron chi connectivity index (χ1n) is 12.8. The highest BCUT2D eigenvalue weighted by Gasteiger charge is 2.28. The first-order valence-corrected chi connectivity index (χ1v) is 12.8. The van der Waals surface area contributed by atoms with Crippen LogP contribution in [0.3, 0.4) is 0 Å². The molecule has 4 aliphatic rings. The van der Waals surface area contributed by atoms with Crippen LogP contribution in [0.25, 0.3) is 0 Å². The third kappa shape index (κ3) is 6.57. The summed E-state index contributed by atoms with van der Waals surface area (Å²) < 4.78 is 5.54. The van der Waals surface area contributed by atoms with Gasteiger partial charge >= 0.3 is 0 Å². The number of rotatable bonds is 7. The molecule has 6 heteroatoms. The molecule has 0 amide bonds. The molecule has 0 aromatic heterocycles. The van der Waals surface area contributed by atoms with Crippen LogP contribution in [0.5, 0.6) is 0 Å². The summed E-state index contributed by atoms with van der Waals surface area (Å²) in [4.78, 5) is 9.93. The predicted molar refractivity (Wildman–Crippen MR) is 124 cm³/mol. The molecule has 2 N–H and O–H groups in total. The Morgan fingerprint density at radius 1 is 0.900 bits per heavy atom. The van der Waals surface area contributed by atoms with Gasteiger partial charge in [-0.3, -0.25) is 9.89 Å². The second-order valence-corrected chi connectivity index (χ2v) is 10.2. The van der Waals surface area contributed by atoms with Crippen molar-refractivity contribution >= 4 is 5.96 Å². The molecule has 0 radical (unpaired) electrons. The van der Waals surface area contributed by atoms with Crippen molar-refractivity contribution in [1.82, 2.24) is 20.4 Å². The summed E-state index contributed by atoms with van der Waals surface area (Å²) in [6.07, 6.45) is 13.6. The van der Waals surface area contributed by atoms with Crippen LogP contribution in [-0.4, -0.2) is 87.4 Å². The Morgan fingerprint density at radius 2 is 1.73 bits per heavy atom. The summed E-state index contributed by atoms with van der Waals surface area (Å²) in [7, 11) is 1.92. The van der Waals surface area contributed by atoms with Crippen LogP contribution in [0, 0.1) is 11.8 Å². The highest BCUT2D eigenvalue weighted by molar-refractivity contribution is 5.80. The fourth-order valence-corrected chi connectivity index (χ4v) is 6.02. The number of ether oxygens (including phenoxy) is 1. The largest absolute Gasteiger partial charge is 0.381 e. The van der Waals surface area contributed by atoms with Crippen molar-refractivity contribution in [3.63, 3.8) is 0 Å². The van der Waals surface area contributed by atoms with Crippen molar-refractivity contribution < 1.29 is 4.74 Å². The lowest BCUT2D eigenvalue weighted by Crippen LogP contribution is -2.51. The van der Waals surface area contributed by atoms with Crippen molar-refractivity contribution in [2.45, 2.75) is 76.3 Å². The van der Waals surface area contributed by atoms with Gasteiger partial charge in [0.15, 0.2) is 5.96 Å². The molecule has 4 fully saturated rings. The van der Waals surface area contributed by atoms with Gasteiger partial charge in [0.1, 0.15) is 0 Å². The second kappa shape index (κ2) is 11.7. The van der Waals surface area contributed by atoms with E-state index in [1.54, 1.807) is 0 Å². The van der Waals surface area contributed by atoms with Crippen LogP contribution >= 0.6 is 0 Å². The summed E-state index contributed by atoms with van der Waals surface area (Å²) in [6.45, 7) is 9.19. The zero-order chi connectivity index (χ0) is 20.6. The molecule has 3 aliphatic heterocycles. The van der Waals surface area contributed by atoms with Gasteiger partial charge < -0.3 is 20.3 Å². The molecule has 1 saturated carbocycles. The van der Waals surface area contributed by atoms with E-state index in [0.29, 0.717) is 12.1 Å². The van der Waals surface area contributed by atoms with E-state index in [1.807, 2.05) is 7.05 Å². The van der Waals surface area contributed by atoms with Crippen LogP contribution < -0.4 is 10.6 Å². The number of hydrogen-bond acceptors (Lipinski definition) is 4. The van der Waals surface area contributed by atoms with Crippen molar-refractivity contribution in [2.75, 3.05) is 59.5 Å². The van der Waals surface area contributed by atoms with Crippen molar-refractivity contribution in [3.8, 4) is 0 Å². The molecule has 0 aromatic carbocycles. The van der Waals surface area contributed by atoms with E-state index in [0.717, 1.165) is 37.6 Å². The average Bonchev–Trinajstić information content (AvgIpc) is 3.45. The Labute approximate surface area is 184 Å². The molecule has 3 saturated heterocycles. The number of nitrogens with zero attached hydrogens (tertiary/aromatic N) is 3. The van der Waals surface area contributed by atoms with Crippen LogP contribution in [0.4, 0.5) is 0 Å². The fraction of sp³-hybridized carbons (Fsp3) is 0.958. The van der Waals surface area contributed by atoms with E-state index in [2.05, 4.69) is 25.4 Å². The highest BCUT2D eigenvalue weighted by Crippen LogP contribution is 2.27.